The molecule has 1 spiro atoms. The van der Waals surface area contributed by atoms with E-state index in [1.807, 2.05) is 6.92 Å². The summed E-state index contributed by atoms with van der Waals surface area (Å²) in [6.45, 7) is 3.79. The standard InChI is InChI=1S/C19H17F4N3O3S/c1-9-14(30-10(2)25-9)8-24-16(27)26-17(28)29-15(18(26)3-4-18)11-5-12(19(21,22)23)7-13(20)6-11/h5-7,15H,3-4,8H2,1-2H3,(H,24,27)/t15-/m1/s1. The molecule has 160 valence electrons. The van der Waals surface area contributed by atoms with Crippen LogP contribution in [0.4, 0.5) is 27.2 Å². The number of carbonyl (C=O) groups is 2. The molecule has 1 saturated heterocycles. The van der Waals surface area contributed by atoms with Crippen LogP contribution < -0.4 is 5.32 Å². The van der Waals surface area contributed by atoms with Gasteiger partial charge in [0.25, 0.3) is 0 Å². The van der Waals surface area contributed by atoms with E-state index in [0.29, 0.717) is 18.9 Å². The smallest absolute Gasteiger partial charge is 0.419 e. The van der Waals surface area contributed by atoms with Crippen LogP contribution in [0.3, 0.4) is 0 Å². The molecular formula is C19H17F4N3O3S. The van der Waals surface area contributed by atoms with E-state index in [1.54, 1.807) is 6.92 Å². The second-order valence-corrected chi connectivity index (χ2v) is 8.66. The third-order valence-corrected chi connectivity index (χ3v) is 6.32. The van der Waals surface area contributed by atoms with Crippen LogP contribution in [0.5, 0.6) is 0 Å². The van der Waals surface area contributed by atoms with Crippen molar-refractivity contribution in [3.63, 3.8) is 0 Å². The number of hydrogen-bond donors (Lipinski definition) is 1. The van der Waals surface area contributed by atoms with Crippen molar-refractivity contribution in [1.82, 2.24) is 15.2 Å². The zero-order valence-corrected chi connectivity index (χ0v) is 16.8. The third kappa shape index (κ3) is 3.51. The van der Waals surface area contributed by atoms with E-state index in [1.165, 1.54) is 11.3 Å². The van der Waals surface area contributed by atoms with Crippen molar-refractivity contribution >= 4 is 23.5 Å². The molecule has 11 heteroatoms. The number of urea groups is 1. The van der Waals surface area contributed by atoms with Crippen LogP contribution in [-0.4, -0.2) is 27.5 Å². The molecule has 2 aromatic rings. The molecule has 0 bridgehead atoms. The van der Waals surface area contributed by atoms with Crippen molar-refractivity contribution < 1.29 is 31.9 Å². The number of benzene rings is 1. The van der Waals surface area contributed by atoms with Gasteiger partial charge in [-0.3, -0.25) is 0 Å². The van der Waals surface area contributed by atoms with Crippen LogP contribution in [0.15, 0.2) is 18.2 Å². The Balaban J connectivity index is 1.57. The molecule has 1 atom stereocenters. The number of aromatic nitrogens is 1. The number of imide groups is 1. The lowest BCUT2D eigenvalue weighted by Crippen LogP contribution is -2.46. The van der Waals surface area contributed by atoms with Crippen molar-refractivity contribution in [2.75, 3.05) is 0 Å². The summed E-state index contributed by atoms with van der Waals surface area (Å²) >= 11 is 1.41. The number of alkyl halides is 3. The largest absolute Gasteiger partial charge is 0.438 e. The summed E-state index contributed by atoms with van der Waals surface area (Å²) in [6.07, 6.45) is -6.18. The van der Waals surface area contributed by atoms with Gasteiger partial charge in [0.2, 0.25) is 0 Å². The SMILES string of the molecule is Cc1nc(C)c(CNC(=O)N2C(=O)O[C@H](c3cc(F)cc(C(F)(F)F)c3)C23CC3)s1. The highest BCUT2D eigenvalue weighted by Crippen LogP contribution is 2.57. The minimum absolute atomic E-state index is 0.127. The Hall–Kier alpha value is -2.69. The monoisotopic (exact) mass is 443 g/mol. The number of rotatable bonds is 3. The number of nitrogens with zero attached hydrogens (tertiary/aromatic N) is 2. The van der Waals surface area contributed by atoms with Crippen LogP contribution in [0.2, 0.25) is 0 Å². The van der Waals surface area contributed by atoms with Gasteiger partial charge in [0.05, 0.1) is 28.3 Å². The molecule has 1 aromatic carbocycles. The first kappa shape index (κ1) is 20.6. The van der Waals surface area contributed by atoms with E-state index in [-0.39, 0.29) is 12.1 Å². The van der Waals surface area contributed by atoms with Crippen LogP contribution in [0.25, 0.3) is 0 Å². The van der Waals surface area contributed by atoms with Crippen molar-refractivity contribution in [2.24, 2.45) is 0 Å². The van der Waals surface area contributed by atoms with Gasteiger partial charge in [-0.1, -0.05) is 0 Å². The van der Waals surface area contributed by atoms with Gasteiger partial charge in [0.15, 0.2) is 6.10 Å². The lowest BCUT2D eigenvalue weighted by molar-refractivity contribution is -0.137. The number of aryl methyl sites for hydroxylation is 2. The maximum atomic E-state index is 13.8. The lowest BCUT2D eigenvalue weighted by Gasteiger charge is -2.23. The molecule has 1 aliphatic heterocycles. The molecule has 0 radical (unpaired) electrons. The highest BCUT2D eigenvalue weighted by atomic mass is 32.1. The van der Waals surface area contributed by atoms with Gasteiger partial charge in [-0.15, -0.1) is 11.3 Å². The average Bonchev–Trinajstić information content (AvgIpc) is 3.26. The molecule has 6 nitrogen and oxygen atoms in total. The Morgan fingerprint density at radius 1 is 1.33 bits per heavy atom. The van der Waals surface area contributed by atoms with Gasteiger partial charge in [0, 0.05) is 4.88 Å². The van der Waals surface area contributed by atoms with Crippen LogP contribution in [0, 0.1) is 19.7 Å². The topological polar surface area (TPSA) is 71.5 Å². The molecule has 0 unspecified atom stereocenters. The Morgan fingerprint density at radius 2 is 2.03 bits per heavy atom. The molecule has 2 fully saturated rings. The summed E-state index contributed by atoms with van der Waals surface area (Å²) in [6, 6.07) is 1.33. The molecule has 1 saturated carbocycles. The van der Waals surface area contributed by atoms with Crippen molar-refractivity contribution in [3.05, 3.63) is 50.7 Å². The van der Waals surface area contributed by atoms with E-state index in [0.717, 1.165) is 32.6 Å². The number of carbonyl (C=O) groups excluding carboxylic acids is 2. The van der Waals surface area contributed by atoms with Gasteiger partial charge in [-0.2, -0.15) is 13.2 Å². The zero-order valence-electron chi connectivity index (χ0n) is 16.0. The number of hydrogen-bond acceptors (Lipinski definition) is 5. The molecule has 4 rings (SSSR count). The number of nitrogens with one attached hydrogen (secondary N) is 1. The first-order chi connectivity index (χ1) is 14.0. The fourth-order valence-electron chi connectivity index (χ4n) is 3.74. The van der Waals surface area contributed by atoms with Gasteiger partial charge in [-0.25, -0.2) is 23.9 Å². The molecule has 30 heavy (non-hydrogen) atoms. The average molecular weight is 443 g/mol. The Labute approximate surface area is 172 Å². The highest BCUT2D eigenvalue weighted by Gasteiger charge is 2.66. The Kier molecular flexibility index (Phi) is 4.75. The van der Waals surface area contributed by atoms with Crippen LogP contribution in [0.1, 0.15) is 45.7 Å². The van der Waals surface area contributed by atoms with Gasteiger partial charge < -0.3 is 10.1 Å². The van der Waals surface area contributed by atoms with E-state index in [4.69, 9.17) is 4.74 Å². The highest BCUT2D eigenvalue weighted by molar-refractivity contribution is 7.11. The summed E-state index contributed by atoms with van der Waals surface area (Å²) in [7, 11) is 0. The number of ether oxygens (including phenoxy) is 1. The van der Waals surface area contributed by atoms with E-state index in [9.17, 15) is 27.2 Å². The quantitative estimate of drug-likeness (QED) is 0.689. The molecule has 2 aliphatic rings. The molecular weight excluding hydrogens is 426 g/mol. The zero-order chi connectivity index (χ0) is 21.8. The van der Waals surface area contributed by atoms with E-state index < -0.39 is 41.3 Å². The minimum Gasteiger partial charge on any atom is -0.438 e. The normalized spacial score (nSPS) is 19.9. The first-order valence-electron chi connectivity index (χ1n) is 9.10. The predicted octanol–water partition coefficient (Wildman–Crippen LogP) is 4.85. The second kappa shape index (κ2) is 6.93. The number of halogens is 4. The van der Waals surface area contributed by atoms with Crippen molar-refractivity contribution in [2.45, 2.75) is 51.1 Å². The van der Waals surface area contributed by atoms with Gasteiger partial charge in [0.1, 0.15) is 5.82 Å². The number of thiazole rings is 1. The fraction of sp³-hybridized carbons (Fsp3) is 0.421. The minimum atomic E-state index is -4.75. The van der Waals surface area contributed by atoms with Crippen molar-refractivity contribution in [3.8, 4) is 0 Å². The van der Waals surface area contributed by atoms with E-state index >= 15 is 0 Å². The maximum Gasteiger partial charge on any atom is 0.419 e. The summed E-state index contributed by atoms with van der Waals surface area (Å²) in [5.74, 6) is -1.09. The summed E-state index contributed by atoms with van der Waals surface area (Å²) < 4.78 is 58.3. The summed E-state index contributed by atoms with van der Waals surface area (Å²) in [4.78, 5) is 31.1. The van der Waals surface area contributed by atoms with Crippen molar-refractivity contribution in [1.29, 1.82) is 0 Å². The summed E-state index contributed by atoms with van der Waals surface area (Å²) in [5, 5.41) is 3.48. The lowest BCUT2D eigenvalue weighted by atomic mass is 9.98. The van der Waals surface area contributed by atoms with Gasteiger partial charge >= 0.3 is 18.3 Å². The predicted molar refractivity (Wildman–Crippen MR) is 98.3 cm³/mol. The van der Waals surface area contributed by atoms with Gasteiger partial charge in [-0.05, 0) is 50.5 Å². The molecule has 1 N–H and O–H groups in total. The molecule has 1 aromatic heterocycles. The molecule has 3 amide bonds. The molecule has 2 heterocycles. The van der Waals surface area contributed by atoms with Crippen LogP contribution >= 0.6 is 11.3 Å². The fourth-order valence-corrected chi connectivity index (χ4v) is 4.62. The molecule has 1 aliphatic carbocycles. The third-order valence-electron chi connectivity index (χ3n) is 5.25. The van der Waals surface area contributed by atoms with E-state index in [2.05, 4.69) is 10.3 Å². The first-order valence-corrected chi connectivity index (χ1v) is 9.92. The summed E-state index contributed by atoms with van der Waals surface area (Å²) in [5.41, 5.74) is -1.66. The number of amides is 3. The Morgan fingerprint density at radius 3 is 2.60 bits per heavy atom. The second-order valence-electron chi connectivity index (χ2n) is 7.37. The van der Waals surface area contributed by atoms with Crippen LogP contribution in [-0.2, 0) is 17.5 Å². The maximum absolute atomic E-state index is 13.8. The number of cyclic esters (lactones) is 1. The Bertz CT molecular complexity index is 1030.